The zero-order valence-corrected chi connectivity index (χ0v) is 20.2. The summed E-state index contributed by atoms with van der Waals surface area (Å²) in [6.45, 7) is 8.64. The highest BCUT2D eigenvalue weighted by Gasteiger charge is 2.24. The molecule has 1 aliphatic heterocycles. The van der Waals surface area contributed by atoms with E-state index >= 15 is 0 Å². The van der Waals surface area contributed by atoms with Crippen molar-refractivity contribution in [2.75, 3.05) is 36.4 Å². The van der Waals surface area contributed by atoms with Gasteiger partial charge in [0, 0.05) is 42.7 Å². The fourth-order valence-electron chi connectivity index (χ4n) is 3.64. The maximum atomic E-state index is 12.5. The van der Waals surface area contributed by atoms with Crippen molar-refractivity contribution >= 4 is 52.1 Å². The fourth-order valence-corrected chi connectivity index (χ4v) is 4.01. The average Bonchev–Trinajstić information content (AvgIpc) is 2.78. The Morgan fingerprint density at radius 1 is 1.06 bits per heavy atom. The van der Waals surface area contributed by atoms with Crippen LogP contribution in [0, 0.1) is 5.92 Å². The molecule has 0 bridgehead atoms. The number of piperazine rings is 1. The molecule has 2 aromatic carbocycles. The summed E-state index contributed by atoms with van der Waals surface area (Å²) in [5.74, 6) is -0.0991. The van der Waals surface area contributed by atoms with Crippen LogP contribution in [0.15, 0.2) is 42.5 Å². The van der Waals surface area contributed by atoms with E-state index in [1.807, 2.05) is 43.0 Å². The smallest absolute Gasteiger partial charge is 0.257 e. The predicted octanol–water partition coefficient (Wildman–Crippen LogP) is 4.33. The van der Waals surface area contributed by atoms with Crippen molar-refractivity contribution in [3.63, 3.8) is 0 Å². The van der Waals surface area contributed by atoms with Crippen LogP contribution in [0.25, 0.3) is 0 Å². The number of carbonyl (C=O) groups is 2. The third-order valence-corrected chi connectivity index (χ3v) is 5.92. The monoisotopic (exact) mass is 472 g/mol. The molecular weight excluding hydrogens is 444 g/mol. The first-order valence-corrected chi connectivity index (χ1v) is 11.6. The first kappa shape index (κ1) is 24.0. The number of benzene rings is 2. The van der Waals surface area contributed by atoms with Gasteiger partial charge >= 0.3 is 0 Å². The van der Waals surface area contributed by atoms with E-state index in [9.17, 15) is 9.59 Å². The molecule has 0 aliphatic carbocycles. The normalized spacial score (nSPS) is 13.8. The van der Waals surface area contributed by atoms with Gasteiger partial charge in [-0.15, -0.1) is 0 Å². The summed E-state index contributed by atoms with van der Waals surface area (Å²) >= 11 is 11.6. The van der Waals surface area contributed by atoms with Crippen LogP contribution < -0.4 is 15.5 Å². The summed E-state index contributed by atoms with van der Waals surface area (Å²) in [6.07, 6.45) is 0.916. The molecule has 2 aromatic rings. The number of amides is 2. The molecule has 0 saturated carbocycles. The van der Waals surface area contributed by atoms with Gasteiger partial charge in [-0.2, -0.15) is 0 Å². The summed E-state index contributed by atoms with van der Waals surface area (Å²) < 4.78 is 0. The Hall–Kier alpha value is -2.64. The van der Waals surface area contributed by atoms with Crippen molar-refractivity contribution in [3.8, 4) is 0 Å². The maximum absolute atomic E-state index is 12.5. The van der Waals surface area contributed by atoms with Crippen LogP contribution in [-0.2, 0) is 11.2 Å². The van der Waals surface area contributed by atoms with Gasteiger partial charge in [-0.3, -0.25) is 14.9 Å². The molecule has 0 spiro atoms. The Morgan fingerprint density at radius 3 is 2.31 bits per heavy atom. The SMILES string of the molecule is CCc1ccc(C(=O)NC(=S)Nc2cc(Cl)ccc2N2CCN(C(=O)C(C)C)CC2)cc1. The van der Waals surface area contributed by atoms with E-state index < -0.39 is 0 Å². The van der Waals surface area contributed by atoms with E-state index in [0.717, 1.165) is 12.1 Å². The zero-order chi connectivity index (χ0) is 23.3. The van der Waals surface area contributed by atoms with Gasteiger partial charge in [0.25, 0.3) is 5.91 Å². The number of halogens is 1. The highest BCUT2D eigenvalue weighted by Crippen LogP contribution is 2.30. The van der Waals surface area contributed by atoms with E-state index in [2.05, 4.69) is 22.5 Å². The molecule has 3 rings (SSSR count). The van der Waals surface area contributed by atoms with Crippen LogP contribution >= 0.6 is 23.8 Å². The number of nitrogens with one attached hydrogen (secondary N) is 2. The third kappa shape index (κ3) is 5.99. The lowest BCUT2D eigenvalue weighted by atomic mass is 10.1. The number of anilines is 2. The zero-order valence-electron chi connectivity index (χ0n) is 18.7. The molecule has 8 heteroatoms. The van der Waals surface area contributed by atoms with E-state index in [4.69, 9.17) is 23.8 Å². The average molecular weight is 473 g/mol. The number of rotatable bonds is 5. The molecule has 1 aliphatic rings. The molecule has 6 nitrogen and oxygen atoms in total. The molecule has 0 aromatic heterocycles. The number of thiocarbonyl (C=S) groups is 1. The minimum atomic E-state index is -0.269. The van der Waals surface area contributed by atoms with Crippen molar-refractivity contribution in [2.45, 2.75) is 27.2 Å². The number of nitrogens with zero attached hydrogens (tertiary/aromatic N) is 2. The van der Waals surface area contributed by atoms with Crippen LogP contribution in [-0.4, -0.2) is 48.0 Å². The van der Waals surface area contributed by atoms with Crippen molar-refractivity contribution in [3.05, 3.63) is 58.6 Å². The molecule has 170 valence electrons. The lowest BCUT2D eigenvalue weighted by Crippen LogP contribution is -2.50. The quantitative estimate of drug-likeness (QED) is 0.634. The highest BCUT2D eigenvalue weighted by molar-refractivity contribution is 7.80. The van der Waals surface area contributed by atoms with Gasteiger partial charge in [0.05, 0.1) is 11.4 Å². The summed E-state index contributed by atoms with van der Waals surface area (Å²) in [4.78, 5) is 28.9. The fraction of sp³-hybridized carbons (Fsp3) is 0.375. The van der Waals surface area contributed by atoms with Crippen LogP contribution in [0.5, 0.6) is 0 Å². The summed E-state index contributed by atoms with van der Waals surface area (Å²) in [5.41, 5.74) is 3.35. The molecule has 1 saturated heterocycles. The lowest BCUT2D eigenvalue weighted by Gasteiger charge is -2.37. The first-order chi connectivity index (χ1) is 15.3. The van der Waals surface area contributed by atoms with Gasteiger partial charge < -0.3 is 15.1 Å². The van der Waals surface area contributed by atoms with E-state index in [-0.39, 0.29) is 22.8 Å². The number of aryl methyl sites for hydroxylation is 1. The number of hydrogen-bond donors (Lipinski definition) is 2. The van der Waals surface area contributed by atoms with Crippen LogP contribution in [0.1, 0.15) is 36.7 Å². The Morgan fingerprint density at radius 2 is 1.72 bits per heavy atom. The third-order valence-electron chi connectivity index (χ3n) is 5.48. The van der Waals surface area contributed by atoms with Crippen LogP contribution in [0.2, 0.25) is 5.02 Å². The lowest BCUT2D eigenvalue weighted by molar-refractivity contribution is -0.134. The van der Waals surface area contributed by atoms with Gasteiger partial charge in [-0.25, -0.2) is 0 Å². The van der Waals surface area contributed by atoms with Gasteiger partial charge in [0.2, 0.25) is 5.91 Å². The first-order valence-electron chi connectivity index (χ1n) is 10.8. The standard InChI is InChI=1S/C24H29ClN4O2S/c1-4-17-5-7-18(8-6-17)22(30)27-24(32)26-20-15-19(25)9-10-21(20)28-11-13-29(14-12-28)23(31)16(2)3/h5-10,15-16H,4,11-14H2,1-3H3,(H2,26,27,30,32). The van der Waals surface area contributed by atoms with Gasteiger partial charge in [-0.1, -0.05) is 44.5 Å². The molecule has 0 radical (unpaired) electrons. The van der Waals surface area contributed by atoms with Crippen molar-refractivity contribution in [1.29, 1.82) is 0 Å². The molecule has 32 heavy (non-hydrogen) atoms. The maximum Gasteiger partial charge on any atom is 0.257 e. The minimum Gasteiger partial charge on any atom is -0.366 e. The Balaban J connectivity index is 1.66. The Bertz CT molecular complexity index is 986. The molecule has 2 N–H and O–H groups in total. The molecule has 2 amide bonds. The van der Waals surface area contributed by atoms with Gasteiger partial charge in [-0.05, 0) is 54.5 Å². The Labute approximate surface area is 199 Å². The van der Waals surface area contributed by atoms with Crippen molar-refractivity contribution in [2.24, 2.45) is 5.92 Å². The van der Waals surface area contributed by atoms with Gasteiger partial charge in [0.1, 0.15) is 0 Å². The van der Waals surface area contributed by atoms with Gasteiger partial charge in [0.15, 0.2) is 5.11 Å². The van der Waals surface area contributed by atoms with Crippen LogP contribution in [0.3, 0.4) is 0 Å². The highest BCUT2D eigenvalue weighted by atomic mass is 35.5. The van der Waals surface area contributed by atoms with E-state index in [1.165, 1.54) is 5.56 Å². The second-order valence-electron chi connectivity index (χ2n) is 8.09. The van der Waals surface area contributed by atoms with Crippen molar-refractivity contribution < 1.29 is 9.59 Å². The Kier molecular flexibility index (Phi) is 8.10. The second-order valence-corrected chi connectivity index (χ2v) is 8.93. The van der Waals surface area contributed by atoms with Crippen LogP contribution in [0.4, 0.5) is 11.4 Å². The molecule has 1 fully saturated rings. The van der Waals surface area contributed by atoms with Crippen molar-refractivity contribution in [1.82, 2.24) is 10.2 Å². The molecule has 0 unspecified atom stereocenters. The second kappa shape index (κ2) is 10.8. The minimum absolute atomic E-state index is 0.00605. The van der Waals surface area contributed by atoms with E-state index in [1.54, 1.807) is 18.2 Å². The number of carbonyl (C=O) groups excluding carboxylic acids is 2. The number of hydrogen-bond acceptors (Lipinski definition) is 4. The summed E-state index contributed by atoms with van der Waals surface area (Å²) in [5, 5.41) is 6.61. The molecular formula is C24H29ClN4O2S. The summed E-state index contributed by atoms with van der Waals surface area (Å²) in [7, 11) is 0. The molecule has 1 heterocycles. The topological polar surface area (TPSA) is 64.7 Å². The predicted molar refractivity (Wildman–Crippen MR) is 135 cm³/mol. The molecule has 0 atom stereocenters. The largest absolute Gasteiger partial charge is 0.366 e. The van der Waals surface area contributed by atoms with E-state index in [0.29, 0.717) is 42.5 Å². The summed E-state index contributed by atoms with van der Waals surface area (Å²) in [6, 6.07) is 13.0.